The summed E-state index contributed by atoms with van der Waals surface area (Å²) in [6.45, 7) is 2.02. The molecule has 1 saturated carbocycles. The van der Waals surface area contributed by atoms with Crippen LogP contribution in [0.3, 0.4) is 0 Å². The fourth-order valence-electron chi connectivity index (χ4n) is 4.40. The summed E-state index contributed by atoms with van der Waals surface area (Å²) < 4.78 is 32.3. The largest absolute Gasteiger partial charge is 0.481 e. The summed E-state index contributed by atoms with van der Waals surface area (Å²) in [7, 11) is 1.35. The number of hydrogen-bond donors (Lipinski definition) is 2. The first-order valence-corrected chi connectivity index (χ1v) is 10.2. The molecule has 162 valence electrons. The molecule has 0 bridgehead atoms. The predicted molar refractivity (Wildman–Crippen MR) is 109 cm³/mol. The average molecular weight is 419 g/mol. The van der Waals surface area contributed by atoms with E-state index in [0.29, 0.717) is 11.1 Å². The number of rotatable bonds is 7. The molecule has 0 saturated heterocycles. The number of aromatic nitrogens is 2. The van der Waals surface area contributed by atoms with E-state index < -0.39 is 6.43 Å². The second kappa shape index (κ2) is 9.82. The lowest BCUT2D eigenvalue weighted by molar-refractivity contribution is 0.0908. The molecule has 0 aliphatic heterocycles. The molecule has 1 aliphatic rings. The molecule has 1 amide bonds. The van der Waals surface area contributed by atoms with Crippen molar-refractivity contribution < 1.29 is 18.3 Å². The normalized spacial score (nSPS) is 20.0. The van der Waals surface area contributed by atoms with Crippen LogP contribution in [0.1, 0.15) is 72.9 Å². The van der Waals surface area contributed by atoms with Gasteiger partial charge in [0, 0.05) is 24.5 Å². The van der Waals surface area contributed by atoms with E-state index in [1.54, 1.807) is 6.07 Å². The number of pyridine rings is 2. The first kappa shape index (κ1) is 21.9. The molecule has 0 aromatic carbocycles. The smallest absolute Gasteiger partial charge is 0.269 e. The molecule has 2 aromatic heterocycles. The van der Waals surface area contributed by atoms with Crippen molar-refractivity contribution in [3.8, 4) is 5.88 Å². The fraction of sp³-hybridized carbons (Fsp3) is 0.500. The summed E-state index contributed by atoms with van der Waals surface area (Å²) in [5.74, 6) is 0.0644. The summed E-state index contributed by atoms with van der Waals surface area (Å²) in [5.41, 5.74) is 0.655. The fourth-order valence-corrected chi connectivity index (χ4v) is 4.40. The number of hydrogen-bond acceptors (Lipinski definition) is 4. The van der Waals surface area contributed by atoms with Gasteiger partial charge < -0.3 is 15.0 Å². The molecular formula is C22H27F2N3O3. The molecule has 0 unspecified atom stereocenters. The molecule has 6 nitrogen and oxygen atoms in total. The standard InChI is InChI=1S/C22H27F2N3O3/c1-3-17(27-21(29)15-8-9-18(28)26-12-15)14-6-4-13(5-7-14)16-10-11-25-22(30-2)19(16)20(23)24/h8-14,17,20H,3-7H2,1-2H3,(H,26,28)(H,27,29)/t13-,14+,17-/m0/s1. The molecule has 1 aliphatic carbocycles. The van der Waals surface area contributed by atoms with Crippen LogP contribution < -0.4 is 15.6 Å². The lowest BCUT2D eigenvalue weighted by Crippen LogP contribution is -2.41. The maximum absolute atomic E-state index is 13.6. The molecule has 2 N–H and O–H groups in total. The minimum Gasteiger partial charge on any atom is -0.481 e. The Balaban J connectivity index is 1.66. The molecule has 1 atom stereocenters. The zero-order valence-electron chi connectivity index (χ0n) is 17.2. The first-order valence-electron chi connectivity index (χ1n) is 10.2. The number of amides is 1. The number of nitrogens with one attached hydrogen (secondary N) is 2. The van der Waals surface area contributed by atoms with E-state index in [9.17, 15) is 18.4 Å². The highest BCUT2D eigenvalue weighted by Gasteiger charge is 2.32. The van der Waals surface area contributed by atoms with E-state index in [4.69, 9.17) is 4.74 Å². The molecule has 1 fully saturated rings. The van der Waals surface area contributed by atoms with Crippen molar-refractivity contribution in [3.05, 3.63) is 57.6 Å². The highest BCUT2D eigenvalue weighted by Crippen LogP contribution is 2.42. The van der Waals surface area contributed by atoms with Crippen LogP contribution in [0.15, 0.2) is 35.4 Å². The van der Waals surface area contributed by atoms with Crippen molar-refractivity contribution in [3.63, 3.8) is 0 Å². The van der Waals surface area contributed by atoms with Crippen LogP contribution in [0, 0.1) is 5.92 Å². The second-order valence-electron chi connectivity index (χ2n) is 7.67. The Kier molecular flexibility index (Phi) is 7.18. The zero-order valence-corrected chi connectivity index (χ0v) is 17.2. The lowest BCUT2D eigenvalue weighted by atomic mass is 9.74. The van der Waals surface area contributed by atoms with Crippen LogP contribution in [0.5, 0.6) is 5.88 Å². The quantitative estimate of drug-likeness (QED) is 0.705. The lowest BCUT2D eigenvalue weighted by Gasteiger charge is -2.34. The Morgan fingerprint density at radius 1 is 1.27 bits per heavy atom. The summed E-state index contributed by atoms with van der Waals surface area (Å²) in [5, 5.41) is 3.06. The van der Waals surface area contributed by atoms with Gasteiger partial charge in [-0.1, -0.05) is 6.92 Å². The second-order valence-corrected chi connectivity index (χ2v) is 7.67. The minimum atomic E-state index is -2.64. The number of carbonyl (C=O) groups is 1. The van der Waals surface area contributed by atoms with Gasteiger partial charge in [-0.25, -0.2) is 13.8 Å². The van der Waals surface area contributed by atoms with Crippen molar-refractivity contribution >= 4 is 5.91 Å². The van der Waals surface area contributed by atoms with Crippen molar-refractivity contribution in [2.75, 3.05) is 7.11 Å². The third kappa shape index (κ3) is 4.86. The minimum absolute atomic E-state index is 0.00748. The maximum atomic E-state index is 13.6. The van der Waals surface area contributed by atoms with Gasteiger partial charge >= 0.3 is 0 Å². The Labute approximate surface area is 174 Å². The molecule has 0 spiro atoms. The number of methoxy groups -OCH3 is 1. The van der Waals surface area contributed by atoms with Crippen LogP contribution in [0.4, 0.5) is 8.78 Å². The summed E-state index contributed by atoms with van der Waals surface area (Å²) >= 11 is 0. The maximum Gasteiger partial charge on any atom is 0.269 e. The topological polar surface area (TPSA) is 84.1 Å². The van der Waals surface area contributed by atoms with Gasteiger partial charge in [0.15, 0.2) is 0 Å². The molecule has 0 radical (unpaired) electrons. The molecular weight excluding hydrogens is 392 g/mol. The Morgan fingerprint density at radius 3 is 2.57 bits per heavy atom. The number of ether oxygens (including phenoxy) is 1. The molecule has 30 heavy (non-hydrogen) atoms. The predicted octanol–water partition coefficient (Wildman–Crippen LogP) is 4.20. The van der Waals surface area contributed by atoms with Crippen LogP contribution in [0.25, 0.3) is 0 Å². The van der Waals surface area contributed by atoms with Crippen LogP contribution in [-0.4, -0.2) is 29.0 Å². The van der Waals surface area contributed by atoms with E-state index in [2.05, 4.69) is 15.3 Å². The van der Waals surface area contributed by atoms with Crippen molar-refractivity contribution in [1.82, 2.24) is 15.3 Å². The average Bonchev–Trinajstić information content (AvgIpc) is 2.77. The number of aromatic amines is 1. The molecule has 2 heterocycles. The van der Waals surface area contributed by atoms with Gasteiger partial charge in [0.05, 0.1) is 18.2 Å². The molecule has 2 aromatic rings. The van der Waals surface area contributed by atoms with E-state index in [0.717, 1.165) is 32.1 Å². The van der Waals surface area contributed by atoms with E-state index in [1.165, 1.54) is 31.6 Å². The molecule has 3 rings (SSSR count). The van der Waals surface area contributed by atoms with Crippen LogP contribution >= 0.6 is 0 Å². The first-order chi connectivity index (χ1) is 14.4. The number of nitrogens with zero attached hydrogens (tertiary/aromatic N) is 1. The van der Waals surface area contributed by atoms with E-state index >= 15 is 0 Å². The zero-order chi connectivity index (χ0) is 21.7. The molecule has 8 heteroatoms. The monoisotopic (exact) mass is 419 g/mol. The van der Waals surface area contributed by atoms with Crippen molar-refractivity contribution in [2.24, 2.45) is 5.92 Å². The summed E-state index contributed by atoms with van der Waals surface area (Å²) in [6, 6.07) is 4.49. The Morgan fingerprint density at radius 2 is 2.00 bits per heavy atom. The van der Waals surface area contributed by atoms with Gasteiger partial charge in [-0.3, -0.25) is 9.59 Å². The number of halogens is 2. The van der Waals surface area contributed by atoms with E-state index in [1.807, 2.05) is 6.92 Å². The van der Waals surface area contributed by atoms with Gasteiger partial charge in [0.2, 0.25) is 11.4 Å². The Hall–Kier alpha value is -2.77. The van der Waals surface area contributed by atoms with Gasteiger partial charge in [0.25, 0.3) is 12.3 Å². The third-order valence-electron chi connectivity index (χ3n) is 5.98. The van der Waals surface area contributed by atoms with Crippen LogP contribution in [0.2, 0.25) is 0 Å². The Bertz CT molecular complexity index is 904. The van der Waals surface area contributed by atoms with Gasteiger partial charge in [0.1, 0.15) is 0 Å². The SMILES string of the molecule is CC[C@H](NC(=O)c1ccc(=O)[nH]c1)[C@H]1CC[C@@H](c2ccnc(OC)c2C(F)F)CC1. The number of H-pyrrole nitrogens is 1. The number of alkyl halides is 2. The van der Waals surface area contributed by atoms with Gasteiger partial charge in [-0.05, 0) is 61.6 Å². The van der Waals surface area contributed by atoms with Gasteiger partial charge in [-0.2, -0.15) is 0 Å². The van der Waals surface area contributed by atoms with E-state index in [-0.39, 0.29) is 40.8 Å². The van der Waals surface area contributed by atoms with Gasteiger partial charge in [-0.15, -0.1) is 0 Å². The summed E-state index contributed by atoms with van der Waals surface area (Å²) in [6.07, 6.45) is 4.27. The highest BCUT2D eigenvalue weighted by atomic mass is 19.3. The third-order valence-corrected chi connectivity index (χ3v) is 5.98. The summed E-state index contributed by atoms with van der Waals surface area (Å²) in [4.78, 5) is 30.1. The van der Waals surface area contributed by atoms with Crippen molar-refractivity contribution in [1.29, 1.82) is 0 Å². The van der Waals surface area contributed by atoms with Crippen molar-refractivity contribution in [2.45, 2.75) is 57.4 Å². The number of carbonyl (C=O) groups excluding carboxylic acids is 1. The van der Waals surface area contributed by atoms with Crippen LogP contribution in [-0.2, 0) is 0 Å². The highest BCUT2D eigenvalue weighted by molar-refractivity contribution is 5.94.